The van der Waals surface area contributed by atoms with Crippen LogP contribution in [0.1, 0.15) is 38.8 Å². The first-order valence-electron chi connectivity index (χ1n) is 10.3. The highest BCUT2D eigenvalue weighted by atomic mass is 16.5. The number of hydrogen-bond donors (Lipinski definition) is 0. The lowest BCUT2D eigenvalue weighted by Crippen LogP contribution is -2.02. The third-order valence-corrected chi connectivity index (χ3v) is 4.99. The Morgan fingerprint density at radius 2 is 0.812 bits per heavy atom. The van der Waals surface area contributed by atoms with Gasteiger partial charge in [0.15, 0.2) is 11.6 Å². The van der Waals surface area contributed by atoms with E-state index in [1.165, 1.54) is 12.5 Å². The lowest BCUT2D eigenvalue weighted by molar-refractivity contribution is 0.101. The second-order valence-electron chi connectivity index (χ2n) is 7.48. The molecule has 0 saturated carbocycles. The van der Waals surface area contributed by atoms with Crippen LogP contribution < -0.4 is 9.47 Å². The number of carbonyl (C=O) groups excluding carboxylic acids is 2. The number of carbonyl (C=O) groups is 2. The number of Topliss-reactive ketones (excluding diaryl/α,β-unsaturated/α-hetero) is 1. The van der Waals surface area contributed by atoms with Crippen LogP contribution in [0, 0.1) is 6.92 Å². The maximum atomic E-state index is 12.7. The second kappa shape index (κ2) is 9.31. The average molecular weight is 422 g/mol. The zero-order valence-electron chi connectivity index (χ0n) is 17.9. The molecule has 0 aromatic heterocycles. The first-order chi connectivity index (χ1) is 15.5. The minimum absolute atomic E-state index is 0.0276. The first kappa shape index (κ1) is 21.1. The predicted octanol–water partition coefficient (Wildman–Crippen LogP) is 7.01. The lowest BCUT2D eigenvalue weighted by Gasteiger charge is -2.09. The molecule has 0 bridgehead atoms. The maximum absolute atomic E-state index is 12.7. The standard InChI is InChI=1S/C28H22O4/c1-19-3-11-24(12-4-19)31-26-15-17-27(18-16-26)32-25-13-9-23(10-14-25)28(30)22-7-5-21(6-8-22)20(2)29/h3-18H,1-2H3. The van der Waals surface area contributed by atoms with Crippen LogP contribution in [0.5, 0.6) is 23.0 Å². The van der Waals surface area contributed by atoms with Gasteiger partial charge in [-0.3, -0.25) is 9.59 Å². The van der Waals surface area contributed by atoms with Crippen LogP contribution in [0.15, 0.2) is 97.1 Å². The average Bonchev–Trinajstić information content (AvgIpc) is 2.82. The minimum Gasteiger partial charge on any atom is -0.457 e. The Bertz CT molecular complexity index is 1220. The Morgan fingerprint density at radius 1 is 0.500 bits per heavy atom. The number of rotatable bonds is 7. The van der Waals surface area contributed by atoms with Crippen LogP contribution in [0.25, 0.3) is 0 Å². The van der Waals surface area contributed by atoms with E-state index in [9.17, 15) is 9.59 Å². The van der Waals surface area contributed by atoms with E-state index in [0.29, 0.717) is 28.2 Å². The SMILES string of the molecule is CC(=O)c1ccc(C(=O)c2ccc(Oc3ccc(Oc4ccc(C)cc4)cc3)cc2)cc1. The molecule has 0 fully saturated rings. The van der Waals surface area contributed by atoms with Gasteiger partial charge in [0.05, 0.1) is 0 Å². The summed E-state index contributed by atoms with van der Waals surface area (Å²) in [4.78, 5) is 24.1. The van der Waals surface area contributed by atoms with Crippen molar-refractivity contribution in [2.24, 2.45) is 0 Å². The number of hydrogen-bond acceptors (Lipinski definition) is 4. The van der Waals surface area contributed by atoms with E-state index in [4.69, 9.17) is 9.47 Å². The highest BCUT2D eigenvalue weighted by Crippen LogP contribution is 2.27. The molecule has 0 saturated heterocycles. The van der Waals surface area contributed by atoms with Crippen LogP contribution >= 0.6 is 0 Å². The van der Waals surface area contributed by atoms with Crippen LogP contribution in [0.4, 0.5) is 0 Å². The summed E-state index contributed by atoms with van der Waals surface area (Å²) >= 11 is 0. The molecule has 0 aliphatic heterocycles. The molecule has 0 amide bonds. The maximum Gasteiger partial charge on any atom is 0.193 e. The molecular formula is C28H22O4. The van der Waals surface area contributed by atoms with Crippen molar-refractivity contribution in [3.8, 4) is 23.0 Å². The highest BCUT2D eigenvalue weighted by molar-refractivity contribution is 6.09. The molecule has 0 heterocycles. The van der Waals surface area contributed by atoms with Gasteiger partial charge < -0.3 is 9.47 Å². The van der Waals surface area contributed by atoms with E-state index in [0.717, 1.165) is 11.5 Å². The quantitative estimate of drug-likeness (QED) is 0.301. The van der Waals surface area contributed by atoms with Gasteiger partial charge >= 0.3 is 0 Å². The van der Waals surface area contributed by atoms with Gasteiger partial charge in [0.2, 0.25) is 0 Å². The van der Waals surface area contributed by atoms with E-state index in [-0.39, 0.29) is 11.6 Å². The fraction of sp³-hybridized carbons (Fsp3) is 0.0714. The molecule has 0 atom stereocenters. The van der Waals surface area contributed by atoms with E-state index in [2.05, 4.69) is 0 Å². The molecule has 158 valence electrons. The van der Waals surface area contributed by atoms with Crippen molar-refractivity contribution in [1.29, 1.82) is 0 Å². The highest BCUT2D eigenvalue weighted by Gasteiger charge is 2.10. The van der Waals surface area contributed by atoms with E-state index in [1.54, 1.807) is 48.5 Å². The normalized spacial score (nSPS) is 10.4. The molecule has 4 rings (SSSR count). The number of ether oxygens (including phenoxy) is 2. The Labute approximate surface area is 187 Å². The van der Waals surface area contributed by atoms with Gasteiger partial charge in [0.1, 0.15) is 23.0 Å². The van der Waals surface area contributed by atoms with E-state index in [1.807, 2.05) is 55.5 Å². The van der Waals surface area contributed by atoms with Crippen molar-refractivity contribution in [3.63, 3.8) is 0 Å². The van der Waals surface area contributed by atoms with Crippen LogP contribution in [0.2, 0.25) is 0 Å². The van der Waals surface area contributed by atoms with Gasteiger partial charge in [-0.05, 0) is 74.5 Å². The minimum atomic E-state index is -0.107. The molecule has 4 heteroatoms. The molecule has 0 aliphatic rings. The van der Waals surface area contributed by atoms with Crippen molar-refractivity contribution in [3.05, 3.63) is 119 Å². The molecule has 0 spiro atoms. The summed E-state index contributed by atoms with van der Waals surface area (Å²) in [6.07, 6.45) is 0. The van der Waals surface area contributed by atoms with Gasteiger partial charge in [0.25, 0.3) is 0 Å². The van der Waals surface area contributed by atoms with Crippen molar-refractivity contribution >= 4 is 11.6 Å². The topological polar surface area (TPSA) is 52.6 Å². The Hall–Kier alpha value is -4.18. The third-order valence-electron chi connectivity index (χ3n) is 4.99. The summed E-state index contributed by atoms with van der Waals surface area (Å²) in [5.74, 6) is 2.66. The van der Waals surface area contributed by atoms with Crippen molar-refractivity contribution < 1.29 is 19.1 Å². The largest absolute Gasteiger partial charge is 0.457 e. The molecule has 0 unspecified atom stereocenters. The van der Waals surface area contributed by atoms with Gasteiger partial charge in [0, 0.05) is 16.7 Å². The fourth-order valence-electron chi connectivity index (χ4n) is 3.15. The molecule has 4 aromatic carbocycles. The van der Waals surface area contributed by atoms with E-state index >= 15 is 0 Å². The predicted molar refractivity (Wildman–Crippen MR) is 124 cm³/mol. The molecule has 4 nitrogen and oxygen atoms in total. The second-order valence-corrected chi connectivity index (χ2v) is 7.48. The molecule has 32 heavy (non-hydrogen) atoms. The summed E-state index contributed by atoms with van der Waals surface area (Å²) in [5.41, 5.74) is 2.85. The van der Waals surface area contributed by atoms with Crippen molar-refractivity contribution in [2.75, 3.05) is 0 Å². The molecule has 0 radical (unpaired) electrons. The van der Waals surface area contributed by atoms with Gasteiger partial charge in [-0.1, -0.05) is 42.0 Å². The summed E-state index contributed by atoms with van der Waals surface area (Å²) in [7, 11) is 0. The summed E-state index contributed by atoms with van der Waals surface area (Å²) in [5, 5.41) is 0. The molecule has 0 N–H and O–H groups in total. The smallest absolute Gasteiger partial charge is 0.193 e. The molecular weight excluding hydrogens is 400 g/mol. The van der Waals surface area contributed by atoms with Gasteiger partial charge in [-0.25, -0.2) is 0 Å². The first-order valence-corrected chi connectivity index (χ1v) is 10.3. The van der Waals surface area contributed by atoms with Crippen molar-refractivity contribution in [2.45, 2.75) is 13.8 Å². The van der Waals surface area contributed by atoms with Crippen molar-refractivity contribution in [1.82, 2.24) is 0 Å². The lowest BCUT2D eigenvalue weighted by atomic mass is 10.0. The van der Waals surface area contributed by atoms with Gasteiger partial charge in [-0.15, -0.1) is 0 Å². The summed E-state index contributed by atoms with van der Waals surface area (Å²) in [6.45, 7) is 3.53. The van der Waals surface area contributed by atoms with Crippen LogP contribution in [-0.2, 0) is 0 Å². The zero-order chi connectivity index (χ0) is 22.5. The third kappa shape index (κ3) is 5.10. The summed E-state index contributed by atoms with van der Waals surface area (Å²) in [6, 6.07) is 28.9. The van der Waals surface area contributed by atoms with Crippen LogP contribution in [-0.4, -0.2) is 11.6 Å². The Balaban J connectivity index is 1.39. The Kier molecular flexibility index (Phi) is 6.13. The number of ketones is 2. The zero-order valence-corrected chi connectivity index (χ0v) is 17.9. The fourth-order valence-corrected chi connectivity index (χ4v) is 3.15. The number of aryl methyl sites for hydroxylation is 1. The Morgan fingerprint density at radius 3 is 1.22 bits per heavy atom. The monoisotopic (exact) mass is 422 g/mol. The number of benzene rings is 4. The van der Waals surface area contributed by atoms with Crippen LogP contribution in [0.3, 0.4) is 0 Å². The van der Waals surface area contributed by atoms with E-state index < -0.39 is 0 Å². The molecule has 4 aromatic rings. The molecule has 0 aliphatic carbocycles. The van der Waals surface area contributed by atoms with Gasteiger partial charge in [-0.2, -0.15) is 0 Å². The summed E-state index contributed by atoms with van der Waals surface area (Å²) < 4.78 is 11.7.